The van der Waals surface area contributed by atoms with Gasteiger partial charge < -0.3 is 20.1 Å². The number of carbonyl (C=O) groups is 3. The van der Waals surface area contributed by atoms with E-state index >= 15 is 0 Å². The second kappa shape index (κ2) is 12.2. The van der Waals surface area contributed by atoms with Crippen LogP contribution in [0.5, 0.6) is 5.75 Å². The molecule has 1 saturated heterocycles. The first kappa shape index (κ1) is 28.1. The zero-order valence-corrected chi connectivity index (χ0v) is 22.5. The highest BCUT2D eigenvalue weighted by molar-refractivity contribution is 9.10. The maximum atomic E-state index is 13.0. The molecule has 0 spiro atoms. The average molecular weight is 564 g/mol. The summed E-state index contributed by atoms with van der Waals surface area (Å²) >= 11 is 3.42. The normalized spacial score (nSPS) is 23.2. The zero-order chi connectivity index (χ0) is 26.6. The molecule has 4 atom stereocenters. The number of aliphatic hydroxyl groups excluding tert-OH is 2. The fraction of sp³-hybridized carbons (Fsp3) is 0.519. The molecule has 1 fully saturated rings. The third-order valence-electron chi connectivity index (χ3n) is 7.18. The Kier molecular flexibility index (Phi) is 9.49. The third-order valence-corrected chi connectivity index (χ3v) is 7.68. The molecule has 8 nitrogen and oxygen atoms in total. The van der Waals surface area contributed by atoms with Crippen molar-refractivity contribution < 1.29 is 34.4 Å². The Morgan fingerprint density at radius 1 is 1.25 bits per heavy atom. The van der Waals surface area contributed by atoms with E-state index in [4.69, 9.17) is 0 Å². The first-order valence-corrected chi connectivity index (χ1v) is 13.1. The molecule has 9 heteroatoms. The molecule has 3 rings (SSSR count). The molecule has 2 aliphatic rings. The van der Waals surface area contributed by atoms with Crippen LogP contribution in [0.2, 0.25) is 0 Å². The van der Waals surface area contributed by atoms with E-state index in [1.165, 1.54) is 0 Å². The van der Waals surface area contributed by atoms with Crippen molar-refractivity contribution in [3.05, 3.63) is 45.0 Å². The van der Waals surface area contributed by atoms with Crippen LogP contribution in [0.4, 0.5) is 4.79 Å². The Labute approximate surface area is 219 Å². The Morgan fingerprint density at radius 3 is 2.58 bits per heavy atom. The number of aromatic hydroxyl groups is 1. The Bertz CT molecular complexity index is 1080. The van der Waals surface area contributed by atoms with Crippen LogP contribution in [-0.2, 0) is 14.3 Å². The van der Waals surface area contributed by atoms with Crippen molar-refractivity contribution in [2.24, 2.45) is 17.8 Å². The molecule has 1 aliphatic carbocycles. The highest BCUT2D eigenvalue weighted by Gasteiger charge is 2.56. The van der Waals surface area contributed by atoms with Gasteiger partial charge in [0.25, 0.3) is 0 Å². The van der Waals surface area contributed by atoms with Crippen molar-refractivity contribution >= 4 is 39.9 Å². The molecular weight excluding hydrogens is 530 g/mol. The van der Waals surface area contributed by atoms with Crippen LogP contribution in [0.25, 0.3) is 6.08 Å². The van der Waals surface area contributed by atoms with Gasteiger partial charge in [-0.05, 0) is 55.9 Å². The number of hydrogen-bond donors (Lipinski definition) is 3. The smallest absolute Gasteiger partial charge is 0.423 e. The summed E-state index contributed by atoms with van der Waals surface area (Å²) in [6, 6.07) is 5.21. The zero-order valence-electron chi connectivity index (χ0n) is 20.9. The highest BCUT2D eigenvalue weighted by Crippen LogP contribution is 2.47. The van der Waals surface area contributed by atoms with Crippen LogP contribution >= 0.6 is 15.9 Å². The van der Waals surface area contributed by atoms with Crippen LogP contribution in [-0.4, -0.2) is 57.9 Å². The number of rotatable bonds is 9. The first-order chi connectivity index (χ1) is 17.2. The number of phenolic OH excluding ortho intramolecular Hbond substituents is 1. The van der Waals surface area contributed by atoms with E-state index in [1.807, 2.05) is 19.1 Å². The van der Waals surface area contributed by atoms with Crippen molar-refractivity contribution in [2.75, 3.05) is 13.7 Å². The molecular formula is C27H34BrNO7. The molecule has 3 N–H and O–H groups in total. The lowest BCUT2D eigenvalue weighted by Crippen LogP contribution is -2.40. The number of hydrogen-bond acceptors (Lipinski definition) is 7. The van der Waals surface area contributed by atoms with E-state index in [9.17, 15) is 29.7 Å². The fourth-order valence-electron chi connectivity index (χ4n) is 5.50. The van der Waals surface area contributed by atoms with Crippen molar-refractivity contribution in [1.29, 1.82) is 0 Å². The van der Waals surface area contributed by atoms with E-state index in [0.717, 1.165) is 35.6 Å². The van der Waals surface area contributed by atoms with Gasteiger partial charge in [0, 0.05) is 16.0 Å². The summed E-state index contributed by atoms with van der Waals surface area (Å²) in [6.07, 6.45) is 3.37. The molecule has 196 valence electrons. The topological polar surface area (TPSA) is 124 Å². The summed E-state index contributed by atoms with van der Waals surface area (Å²) < 4.78 is 5.47. The number of amides is 3. The van der Waals surface area contributed by atoms with Crippen LogP contribution in [0.3, 0.4) is 0 Å². The lowest BCUT2D eigenvalue weighted by atomic mass is 9.67. The second-order valence-electron chi connectivity index (χ2n) is 9.33. The Hall–Kier alpha value is -2.49. The second-order valence-corrected chi connectivity index (χ2v) is 10.2. The number of phenols is 1. The Morgan fingerprint density at radius 2 is 1.97 bits per heavy atom. The summed E-state index contributed by atoms with van der Waals surface area (Å²) in [4.78, 5) is 38.5. The summed E-state index contributed by atoms with van der Waals surface area (Å²) in [5.41, 5.74) is 3.17. The van der Waals surface area contributed by atoms with Gasteiger partial charge in [-0.1, -0.05) is 53.4 Å². The molecule has 1 aromatic carbocycles. The maximum Gasteiger partial charge on any atom is 0.423 e. The van der Waals surface area contributed by atoms with Gasteiger partial charge >= 0.3 is 6.09 Å². The molecule has 0 radical (unpaired) electrons. The Balaban J connectivity index is 1.87. The number of carbonyl (C=O) groups excluding carboxylic acids is 3. The fourth-order valence-corrected chi connectivity index (χ4v) is 5.88. The van der Waals surface area contributed by atoms with Crippen molar-refractivity contribution in [3.63, 3.8) is 0 Å². The minimum atomic E-state index is -1.03. The number of nitrogens with zero attached hydrogens (tertiary/aromatic N) is 1. The van der Waals surface area contributed by atoms with Gasteiger partial charge in [-0.2, -0.15) is 4.90 Å². The van der Waals surface area contributed by atoms with Gasteiger partial charge in [0.05, 0.1) is 31.7 Å². The van der Waals surface area contributed by atoms with E-state index in [0.29, 0.717) is 35.3 Å². The quantitative estimate of drug-likeness (QED) is 0.297. The molecule has 0 aromatic heterocycles. The standard InChI is InChI=1S/C27H34BrNO7/c1-4-6-15(11-17-12-18(28)8-10-21(17)31)7-9-22(32)23-16(5-2)13-19-24(20(23)14-30)26(34)29(25(19)33)27(35)36-3/h8,10-12,19-20,22,24,30-32H,4-7,9,13-14H2,1-3H3/b15-11+/t19-,20+,22-,24-/m1/s1. The van der Waals surface area contributed by atoms with Gasteiger partial charge in [0.2, 0.25) is 11.8 Å². The minimum Gasteiger partial charge on any atom is -0.507 e. The lowest BCUT2D eigenvalue weighted by molar-refractivity contribution is -0.137. The van der Waals surface area contributed by atoms with E-state index in [2.05, 4.69) is 27.6 Å². The summed E-state index contributed by atoms with van der Waals surface area (Å²) in [5.74, 6) is -3.56. The summed E-state index contributed by atoms with van der Waals surface area (Å²) in [7, 11) is 1.11. The minimum absolute atomic E-state index is 0.168. The number of ether oxygens (including phenoxy) is 1. The van der Waals surface area contributed by atoms with Crippen molar-refractivity contribution in [2.45, 2.75) is 58.5 Å². The first-order valence-electron chi connectivity index (χ1n) is 12.3. The van der Waals surface area contributed by atoms with Crippen molar-refractivity contribution in [3.8, 4) is 5.75 Å². The monoisotopic (exact) mass is 563 g/mol. The SMILES string of the molecule is CCC/C(=C\c1cc(Br)ccc1O)CC[C@@H](O)C1=C(CC)C[C@H]2C(=O)N(C(=O)OC)C(=O)[C@H]2[C@H]1CO. The molecule has 36 heavy (non-hydrogen) atoms. The molecule has 0 unspecified atom stereocenters. The van der Waals surface area contributed by atoms with Crippen LogP contribution in [0, 0.1) is 17.8 Å². The maximum absolute atomic E-state index is 13.0. The van der Waals surface area contributed by atoms with Gasteiger partial charge in [0.15, 0.2) is 0 Å². The predicted octanol–water partition coefficient (Wildman–Crippen LogP) is 4.57. The highest BCUT2D eigenvalue weighted by atomic mass is 79.9. The van der Waals surface area contributed by atoms with E-state index in [1.54, 1.807) is 12.1 Å². The van der Waals surface area contributed by atoms with E-state index < -0.39 is 48.4 Å². The molecule has 1 aliphatic heterocycles. The van der Waals surface area contributed by atoms with Gasteiger partial charge in [-0.15, -0.1) is 0 Å². The van der Waals surface area contributed by atoms with Gasteiger partial charge in [-0.3, -0.25) is 9.59 Å². The molecule has 1 aromatic rings. The van der Waals surface area contributed by atoms with Crippen LogP contribution < -0.4 is 0 Å². The number of halogens is 1. The number of methoxy groups -OCH3 is 1. The number of imide groups is 3. The lowest BCUT2D eigenvalue weighted by Gasteiger charge is -2.36. The largest absolute Gasteiger partial charge is 0.507 e. The van der Waals surface area contributed by atoms with Crippen molar-refractivity contribution in [1.82, 2.24) is 4.90 Å². The summed E-state index contributed by atoms with van der Waals surface area (Å²) in [5, 5.41) is 31.8. The number of benzene rings is 1. The van der Waals surface area contributed by atoms with Crippen LogP contribution in [0.1, 0.15) is 57.9 Å². The van der Waals surface area contributed by atoms with Gasteiger partial charge in [-0.25, -0.2) is 4.79 Å². The molecule has 0 bridgehead atoms. The average Bonchev–Trinajstić information content (AvgIpc) is 3.12. The number of likely N-dealkylation sites (tertiary alicyclic amines) is 1. The number of allylic oxidation sites excluding steroid dienone is 2. The number of aliphatic hydroxyl groups is 2. The van der Waals surface area contributed by atoms with Gasteiger partial charge in [0.1, 0.15) is 5.75 Å². The number of fused-ring (bicyclic) bond motifs is 1. The molecule has 0 saturated carbocycles. The predicted molar refractivity (Wildman–Crippen MR) is 138 cm³/mol. The molecule has 1 heterocycles. The molecule has 3 amide bonds. The summed E-state index contributed by atoms with van der Waals surface area (Å²) in [6.45, 7) is 3.55. The van der Waals surface area contributed by atoms with Crippen LogP contribution in [0.15, 0.2) is 39.4 Å². The van der Waals surface area contributed by atoms with E-state index in [-0.39, 0.29) is 12.2 Å². The third kappa shape index (κ3) is 5.58.